The van der Waals surface area contributed by atoms with Crippen LogP contribution in [0.1, 0.15) is 27.2 Å². The summed E-state index contributed by atoms with van der Waals surface area (Å²) in [6.07, 6.45) is 1.67. The van der Waals surface area contributed by atoms with E-state index in [0.717, 1.165) is 6.42 Å². The van der Waals surface area contributed by atoms with E-state index in [1.807, 2.05) is 7.05 Å². The van der Waals surface area contributed by atoms with Gasteiger partial charge in [-0.05, 0) is 20.4 Å². The molecule has 3 atom stereocenters. The molecule has 14 heavy (non-hydrogen) atoms. The van der Waals surface area contributed by atoms with Crippen molar-refractivity contribution < 1.29 is 9.47 Å². The standard InChI is InChI=1S/C11H23NO2/c1-8(7-13-5)14-10-6-9(12-4)11(10,2)3/h8-10,12H,6-7H2,1-5H3. The highest BCUT2D eigenvalue weighted by molar-refractivity contribution is 5.02. The van der Waals surface area contributed by atoms with Crippen LogP contribution in [-0.2, 0) is 9.47 Å². The first kappa shape index (κ1) is 12.0. The highest BCUT2D eigenvalue weighted by atomic mass is 16.5. The fraction of sp³-hybridized carbons (Fsp3) is 1.00. The molecule has 0 aromatic carbocycles. The Morgan fingerprint density at radius 2 is 2.14 bits per heavy atom. The van der Waals surface area contributed by atoms with E-state index < -0.39 is 0 Å². The molecule has 0 aromatic rings. The highest BCUT2D eigenvalue weighted by Crippen LogP contribution is 2.42. The maximum absolute atomic E-state index is 5.91. The summed E-state index contributed by atoms with van der Waals surface area (Å²) in [7, 11) is 3.73. The zero-order chi connectivity index (χ0) is 10.8. The minimum absolute atomic E-state index is 0.196. The maximum Gasteiger partial charge on any atom is 0.0784 e. The summed E-state index contributed by atoms with van der Waals surface area (Å²) in [5.41, 5.74) is 0.247. The van der Waals surface area contributed by atoms with Crippen LogP contribution in [0.3, 0.4) is 0 Å². The second kappa shape index (κ2) is 4.60. The summed E-state index contributed by atoms with van der Waals surface area (Å²) >= 11 is 0. The molecule has 0 heterocycles. The van der Waals surface area contributed by atoms with Crippen molar-refractivity contribution in [1.29, 1.82) is 0 Å². The van der Waals surface area contributed by atoms with E-state index in [-0.39, 0.29) is 11.5 Å². The van der Waals surface area contributed by atoms with Gasteiger partial charge in [-0.25, -0.2) is 0 Å². The predicted octanol–water partition coefficient (Wildman–Crippen LogP) is 1.42. The molecule has 1 saturated carbocycles. The van der Waals surface area contributed by atoms with Gasteiger partial charge in [-0.15, -0.1) is 0 Å². The van der Waals surface area contributed by atoms with Gasteiger partial charge >= 0.3 is 0 Å². The molecule has 0 amide bonds. The van der Waals surface area contributed by atoms with E-state index in [1.165, 1.54) is 0 Å². The Morgan fingerprint density at radius 1 is 1.50 bits per heavy atom. The molecule has 3 heteroatoms. The summed E-state index contributed by atoms with van der Waals surface area (Å²) in [5.74, 6) is 0. The lowest BCUT2D eigenvalue weighted by atomic mass is 9.64. The largest absolute Gasteiger partial charge is 0.382 e. The van der Waals surface area contributed by atoms with Crippen LogP contribution in [0.4, 0.5) is 0 Å². The zero-order valence-electron chi connectivity index (χ0n) is 9.96. The van der Waals surface area contributed by atoms with Gasteiger partial charge in [0.2, 0.25) is 0 Å². The Balaban J connectivity index is 2.35. The first-order valence-electron chi connectivity index (χ1n) is 5.34. The molecule has 1 rings (SSSR count). The van der Waals surface area contributed by atoms with E-state index in [0.29, 0.717) is 18.8 Å². The predicted molar refractivity (Wildman–Crippen MR) is 57.5 cm³/mol. The molecular weight excluding hydrogens is 178 g/mol. The van der Waals surface area contributed by atoms with Gasteiger partial charge in [0.25, 0.3) is 0 Å². The van der Waals surface area contributed by atoms with Gasteiger partial charge in [-0.3, -0.25) is 0 Å². The van der Waals surface area contributed by atoms with Crippen molar-refractivity contribution in [2.75, 3.05) is 20.8 Å². The van der Waals surface area contributed by atoms with Gasteiger partial charge in [0, 0.05) is 18.6 Å². The summed E-state index contributed by atoms with van der Waals surface area (Å²) in [6.45, 7) is 7.24. The fourth-order valence-corrected chi connectivity index (χ4v) is 2.16. The summed E-state index contributed by atoms with van der Waals surface area (Å²) in [5, 5.41) is 3.32. The SMILES string of the molecule is CNC1CC(OC(C)COC)C1(C)C. The van der Waals surface area contributed by atoms with Crippen LogP contribution in [-0.4, -0.2) is 39.0 Å². The normalized spacial score (nSPS) is 32.4. The minimum Gasteiger partial charge on any atom is -0.382 e. The molecule has 1 fully saturated rings. The first-order valence-corrected chi connectivity index (χ1v) is 5.34. The topological polar surface area (TPSA) is 30.5 Å². The third kappa shape index (κ3) is 2.27. The lowest BCUT2D eigenvalue weighted by Crippen LogP contribution is -2.60. The number of nitrogens with one attached hydrogen (secondary N) is 1. The molecule has 0 spiro atoms. The van der Waals surface area contributed by atoms with Crippen LogP contribution in [0.25, 0.3) is 0 Å². The Hall–Kier alpha value is -0.120. The molecule has 1 N–H and O–H groups in total. The van der Waals surface area contributed by atoms with Crippen molar-refractivity contribution in [3.63, 3.8) is 0 Å². The second-order valence-electron chi connectivity index (χ2n) is 4.79. The van der Waals surface area contributed by atoms with E-state index in [9.17, 15) is 0 Å². The summed E-state index contributed by atoms with van der Waals surface area (Å²) in [4.78, 5) is 0. The number of methoxy groups -OCH3 is 1. The summed E-state index contributed by atoms with van der Waals surface area (Å²) < 4.78 is 11.0. The van der Waals surface area contributed by atoms with Crippen molar-refractivity contribution in [3.8, 4) is 0 Å². The van der Waals surface area contributed by atoms with E-state index in [1.54, 1.807) is 7.11 Å². The van der Waals surface area contributed by atoms with E-state index in [4.69, 9.17) is 9.47 Å². The van der Waals surface area contributed by atoms with Crippen LogP contribution < -0.4 is 5.32 Å². The quantitative estimate of drug-likeness (QED) is 0.730. The zero-order valence-corrected chi connectivity index (χ0v) is 9.96. The molecule has 84 valence electrons. The van der Waals surface area contributed by atoms with Gasteiger partial charge in [0.15, 0.2) is 0 Å². The molecule has 3 unspecified atom stereocenters. The van der Waals surface area contributed by atoms with Crippen LogP contribution in [0.5, 0.6) is 0 Å². The molecule has 0 aromatic heterocycles. The van der Waals surface area contributed by atoms with Gasteiger partial charge in [-0.2, -0.15) is 0 Å². The molecular formula is C11H23NO2. The van der Waals surface area contributed by atoms with Gasteiger partial charge in [0.05, 0.1) is 18.8 Å². The average Bonchev–Trinajstić information content (AvgIpc) is 2.12. The number of hydrogen-bond donors (Lipinski definition) is 1. The first-order chi connectivity index (χ1) is 6.52. The van der Waals surface area contributed by atoms with Crippen LogP contribution >= 0.6 is 0 Å². The van der Waals surface area contributed by atoms with Crippen molar-refractivity contribution in [1.82, 2.24) is 5.32 Å². The maximum atomic E-state index is 5.91. The molecule has 1 aliphatic rings. The number of hydrogen-bond acceptors (Lipinski definition) is 3. The van der Waals surface area contributed by atoms with E-state index in [2.05, 4.69) is 26.1 Å². The van der Waals surface area contributed by atoms with Gasteiger partial charge in [-0.1, -0.05) is 13.8 Å². The summed E-state index contributed by atoms with van der Waals surface area (Å²) in [6, 6.07) is 0.585. The van der Waals surface area contributed by atoms with Crippen LogP contribution in [0, 0.1) is 5.41 Å². The number of rotatable bonds is 5. The smallest absolute Gasteiger partial charge is 0.0784 e. The third-order valence-electron chi connectivity index (χ3n) is 3.32. The van der Waals surface area contributed by atoms with Crippen molar-refractivity contribution in [2.45, 2.75) is 45.4 Å². The third-order valence-corrected chi connectivity index (χ3v) is 3.32. The second-order valence-corrected chi connectivity index (χ2v) is 4.79. The lowest BCUT2D eigenvalue weighted by Gasteiger charge is -2.52. The molecule has 0 radical (unpaired) electrons. The highest BCUT2D eigenvalue weighted by Gasteiger charge is 2.48. The Kier molecular flexibility index (Phi) is 3.93. The Morgan fingerprint density at radius 3 is 2.57 bits per heavy atom. The lowest BCUT2D eigenvalue weighted by molar-refractivity contribution is -0.152. The van der Waals surface area contributed by atoms with Crippen molar-refractivity contribution >= 4 is 0 Å². The van der Waals surface area contributed by atoms with E-state index >= 15 is 0 Å². The van der Waals surface area contributed by atoms with Gasteiger partial charge in [0.1, 0.15) is 0 Å². The van der Waals surface area contributed by atoms with Crippen LogP contribution in [0.2, 0.25) is 0 Å². The molecule has 3 nitrogen and oxygen atoms in total. The Bertz CT molecular complexity index is 182. The van der Waals surface area contributed by atoms with Crippen molar-refractivity contribution in [3.05, 3.63) is 0 Å². The van der Waals surface area contributed by atoms with Crippen LogP contribution in [0.15, 0.2) is 0 Å². The number of ether oxygens (including phenoxy) is 2. The van der Waals surface area contributed by atoms with Gasteiger partial charge < -0.3 is 14.8 Å². The van der Waals surface area contributed by atoms with Crippen molar-refractivity contribution in [2.24, 2.45) is 5.41 Å². The Labute approximate surface area is 87.2 Å². The minimum atomic E-state index is 0.196. The monoisotopic (exact) mass is 201 g/mol. The average molecular weight is 201 g/mol. The molecule has 0 saturated heterocycles. The molecule has 0 aliphatic heterocycles. The fourth-order valence-electron chi connectivity index (χ4n) is 2.16. The molecule has 1 aliphatic carbocycles. The molecule has 0 bridgehead atoms.